The monoisotopic (exact) mass is 292 g/mol. The second kappa shape index (κ2) is 7.03. The van der Waals surface area contributed by atoms with Crippen LogP contribution in [0.4, 0.5) is 4.39 Å². The molecule has 0 bridgehead atoms. The first kappa shape index (κ1) is 16.0. The van der Waals surface area contributed by atoms with Crippen molar-refractivity contribution in [2.24, 2.45) is 5.41 Å². The summed E-state index contributed by atoms with van der Waals surface area (Å²) < 4.78 is 13.8. The van der Waals surface area contributed by atoms with Gasteiger partial charge in [0.2, 0.25) is 5.91 Å². The molecule has 1 unspecified atom stereocenters. The van der Waals surface area contributed by atoms with Crippen molar-refractivity contribution in [3.8, 4) is 0 Å². The molecule has 1 amide bonds. The Morgan fingerprint density at radius 3 is 2.86 bits per heavy atom. The molecule has 21 heavy (non-hydrogen) atoms. The van der Waals surface area contributed by atoms with Crippen LogP contribution in [0, 0.1) is 11.2 Å². The fourth-order valence-corrected chi connectivity index (χ4v) is 3.22. The van der Waals surface area contributed by atoms with Crippen molar-refractivity contribution in [3.63, 3.8) is 0 Å². The van der Waals surface area contributed by atoms with Gasteiger partial charge >= 0.3 is 0 Å². The van der Waals surface area contributed by atoms with Gasteiger partial charge in [-0.15, -0.1) is 0 Å². The number of benzene rings is 1. The zero-order valence-corrected chi connectivity index (χ0v) is 12.9. The van der Waals surface area contributed by atoms with Gasteiger partial charge in [0, 0.05) is 12.1 Å². The van der Waals surface area contributed by atoms with Crippen molar-refractivity contribution < 1.29 is 9.18 Å². The molecular weight excluding hydrogens is 267 g/mol. The fourth-order valence-electron chi connectivity index (χ4n) is 3.22. The summed E-state index contributed by atoms with van der Waals surface area (Å²) in [5, 5.41) is 6.34. The van der Waals surface area contributed by atoms with Crippen LogP contribution in [0.15, 0.2) is 24.3 Å². The SMILES string of the molecule is CCCC1(C(=O)N[C@H](C)c2ccccc2F)CCCNC1. The van der Waals surface area contributed by atoms with Gasteiger partial charge in [-0.25, -0.2) is 4.39 Å². The van der Waals surface area contributed by atoms with E-state index in [1.54, 1.807) is 18.2 Å². The minimum atomic E-state index is -0.341. The second-order valence-corrected chi connectivity index (χ2v) is 6.03. The third-order valence-corrected chi connectivity index (χ3v) is 4.40. The minimum absolute atomic E-state index is 0.0484. The van der Waals surface area contributed by atoms with Gasteiger partial charge < -0.3 is 10.6 Å². The molecular formula is C17H25FN2O. The molecule has 0 saturated carbocycles. The summed E-state index contributed by atoms with van der Waals surface area (Å²) in [6.45, 7) is 5.63. The van der Waals surface area contributed by atoms with E-state index in [2.05, 4.69) is 17.6 Å². The van der Waals surface area contributed by atoms with Crippen molar-refractivity contribution in [1.82, 2.24) is 10.6 Å². The van der Waals surface area contributed by atoms with Crippen LogP contribution in [-0.4, -0.2) is 19.0 Å². The second-order valence-electron chi connectivity index (χ2n) is 6.03. The predicted molar refractivity (Wildman–Crippen MR) is 82.4 cm³/mol. The van der Waals surface area contributed by atoms with Crippen LogP contribution in [0.25, 0.3) is 0 Å². The molecule has 1 aliphatic heterocycles. The molecule has 1 saturated heterocycles. The number of halogens is 1. The van der Waals surface area contributed by atoms with Gasteiger partial charge in [-0.2, -0.15) is 0 Å². The van der Waals surface area contributed by atoms with Crippen molar-refractivity contribution in [1.29, 1.82) is 0 Å². The molecule has 1 aromatic carbocycles. The average Bonchev–Trinajstić information content (AvgIpc) is 2.48. The van der Waals surface area contributed by atoms with E-state index in [0.717, 1.165) is 38.8 Å². The highest BCUT2D eigenvalue weighted by atomic mass is 19.1. The van der Waals surface area contributed by atoms with Crippen LogP contribution in [0.2, 0.25) is 0 Å². The van der Waals surface area contributed by atoms with E-state index in [1.165, 1.54) is 6.07 Å². The number of rotatable bonds is 5. The number of piperidine rings is 1. The van der Waals surface area contributed by atoms with E-state index in [-0.39, 0.29) is 23.2 Å². The number of amides is 1. The first-order chi connectivity index (χ1) is 10.1. The summed E-state index contributed by atoms with van der Waals surface area (Å²) in [5.41, 5.74) is 0.202. The number of nitrogens with one attached hydrogen (secondary N) is 2. The molecule has 116 valence electrons. The Kier molecular flexibility index (Phi) is 5.34. The van der Waals surface area contributed by atoms with Gasteiger partial charge in [0.05, 0.1) is 11.5 Å². The van der Waals surface area contributed by atoms with Gasteiger partial charge in [0.15, 0.2) is 0 Å². The molecule has 4 heteroatoms. The lowest BCUT2D eigenvalue weighted by atomic mass is 9.76. The number of hydrogen-bond donors (Lipinski definition) is 2. The Balaban J connectivity index is 2.10. The smallest absolute Gasteiger partial charge is 0.227 e. The quantitative estimate of drug-likeness (QED) is 0.875. The Bertz CT molecular complexity index is 478. The molecule has 1 aliphatic rings. The average molecular weight is 292 g/mol. The van der Waals surface area contributed by atoms with E-state index in [1.807, 2.05) is 6.92 Å². The Morgan fingerprint density at radius 2 is 2.24 bits per heavy atom. The highest BCUT2D eigenvalue weighted by molar-refractivity contribution is 5.83. The Hall–Kier alpha value is -1.42. The topological polar surface area (TPSA) is 41.1 Å². The van der Waals surface area contributed by atoms with Gasteiger partial charge in [0.25, 0.3) is 0 Å². The van der Waals surface area contributed by atoms with Crippen LogP contribution in [0.3, 0.4) is 0 Å². The van der Waals surface area contributed by atoms with Crippen LogP contribution in [0.1, 0.15) is 51.1 Å². The molecule has 0 spiro atoms. The van der Waals surface area contributed by atoms with E-state index in [4.69, 9.17) is 0 Å². The molecule has 0 aliphatic carbocycles. The Labute approximate surface area is 126 Å². The van der Waals surface area contributed by atoms with E-state index >= 15 is 0 Å². The largest absolute Gasteiger partial charge is 0.349 e. The molecule has 2 N–H and O–H groups in total. The number of hydrogen-bond acceptors (Lipinski definition) is 2. The zero-order valence-electron chi connectivity index (χ0n) is 12.9. The minimum Gasteiger partial charge on any atom is -0.349 e. The predicted octanol–water partition coefficient (Wildman–Crippen LogP) is 3.17. The van der Waals surface area contributed by atoms with Crippen LogP contribution >= 0.6 is 0 Å². The normalized spacial score (nSPS) is 23.6. The number of carbonyl (C=O) groups excluding carboxylic acids is 1. The van der Waals surface area contributed by atoms with Crippen LogP contribution in [0.5, 0.6) is 0 Å². The molecule has 0 radical (unpaired) electrons. The summed E-state index contributed by atoms with van der Waals surface area (Å²) in [6, 6.07) is 6.31. The highest BCUT2D eigenvalue weighted by Gasteiger charge is 2.39. The van der Waals surface area contributed by atoms with Crippen LogP contribution in [-0.2, 0) is 4.79 Å². The van der Waals surface area contributed by atoms with Gasteiger partial charge in [-0.3, -0.25) is 4.79 Å². The third-order valence-electron chi connectivity index (χ3n) is 4.40. The lowest BCUT2D eigenvalue weighted by Gasteiger charge is -2.37. The molecule has 1 fully saturated rings. The first-order valence-electron chi connectivity index (χ1n) is 7.85. The molecule has 0 aromatic heterocycles. The van der Waals surface area contributed by atoms with E-state index in [0.29, 0.717) is 5.56 Å². The van der Waals surface area contributed by atoms with Crippen LogP contribution < -0.4 is 10.6 Å². The summed E-state index contributed by atoms with van der Waals surface area (Å²) in [5.74, 6) is -0.219. The maximum atomic E-state index is 13.8. The first-order valence-corrected chi connectivity index (χ1v) is 7.85. The standard InChI is InChI=1S/C17H25FN2O/c1-3-9-17(10-6-11-19-12-17)16(21)20-13(2)14-7-4-5-8-15(14)18/h4-5,7-8,13,19H,3,6,9-12H2,1-2H3,(H,20,21)/t13-,17?/m1/s1. The lowest BCUT2D eigenvalue weighted by molar-refractivity contribution is -0.133. The maximum Gasteiger partial charge on any atom is 0.227 e. The summed E-state index contributed by atoms with van der Waals surface area (Å²) in [4.78, 5) is 12.7. The van der Waals surface area contributed by atoms with Crippen molar-refractivity contribution >= 4 is 5.91 Å². The highest BCUT2D eigenvalue weighted by Crippen LogP contribution is 2.32. The summed E-state index contributed by atoms with van der Waals surface area (Å²) >= 11 is 0. The molecule has 1 aromatic rings. The summed E-state index contributed by atoms with van der Waals surface area (Å²) in [7, 11) is 0. The summed E-state index contributed by atoms with van der Waals surface area (Å²) in [6.07, 6.45) is 3.77. The maximum absolute atomic E-state index is 13.8. The van der Waals surface area contributed by atoms with Crippen molar-refractivity contribution in [3.05, 3.63) is 35.6 Å². The molecule has 2 rings (SSSR count). The van der Waals surface area contributed by atoms with Gasteiger partial charge in [-0.05, 0) is 38.8 Å². The number of carbonyl (C=O) groups is 1. The zero-order chi connectivity index (χ0) is 15.3. The molecule has 1 heterocycles. The fraction of sp³-hybridized carbons (Fsp3) is 0.588. The van der Waals surface area contributed by atoms with E-state index in [9.17, 15) is 9.18 Å². The van der Waals surface area contributed by atoms with Gasteiger partial charge in [-0.1, -0.05) is 31.5 Å². The van der Waals surface area contributed by atoms with Crippen molar-refractivity contribution in [2.75, 3.05) is 13.1 Å². The van der Waals surface area contributed by atoms with Gasteiger partial charge in [0.1, 0.15) is 5.82 Å². The molecule has 2 atom stereocenters. The van der Waals surface area contributed by atoms with Crippen molar-refractivity contribution in [2.45, 2.75) is 45.6 Å². The Morgan fingerprint density at radius 1 is 1.48 bits per heavy atom. The van der Waals surface area contributed by atoms with E-state index < -0.39 is 0 Å². The molecule has 3 nitrogen and oxygen atoms in total. The third kappa shape index (κ3) is 3.62. The lowest BCUT2D eigenvalue weighted by Crippen LogP contribution is -2.51.